The van der Waals surface area contributed by atoms with Crippen LogP contribution in [0.15, 0.2) is 47.4 Å². The topological polar surface area (TPSA) is 72.9 Å². The number of sulfonamides is 1. The smallest absolute Gasteiger partial charge is 0.348 e. The van der Waals surface area contributed by atoms with E-state index < -0.39 is 22.1 Å². The van der Waals surface area contributed by atoms with Gasteiger partial charge in [-0.15, -0.1) is 0 Å². The second-order valence-electron chi connectivity index (χ2n) is 6.42. The molecular weight excluding hydrogens is 354 g/mol. The average molecular weight is 373 g/mol. The number of rotatable bonds is 3. The van der Waals surface area contributed by atoms with E-state index in [1.807, 2.05) is 6.07 Å². The van der Waals surface area contributed by atoms with Crippen molar-refractivity contribution in [3.05, 3.63) is 53.6 Å². The van der Waals surface area contributed by atoms with Crippen molar-refractivity contribution in [1.29, 1.82) is 0 Å². The lowest BCUT2D eigenvalue weighted by atomic mass is 10.1. The Bertz CT molecular complexity index is 970. The summed E-state index contributed by atoms with van der Waals surface area (Å²) in [6.07, 6.45) is 1.92. The molecule has 6 nitrogen and oxygen atoms in total. The molecule has 1 atom stereocenters. The van der Waals surface area contributed by atoms with Gasteiger partial charge in [0, 0.05) is 0 Å². The second-order valence-corrected chi connectivity index (χ2v) is 8.28. The Labute approximate surface area is 152 Å². The molecule has 0 saturated heterocycles. The van der Waals surface area contributed by atoms with Crippen molar-refractivity contribution in [2.75, 3.05) is 18.0 Å². The maximum absolute atomic E-state index is 13.3. The molecule has 0 fully saturated rings. The molecule has 1 aliphatic heterocycles. The van der Waals surface area contributed by atoms with Gasteiger partial charge in [-0.25, -0.2) is 13.2 Å². The molecule has 2 aromatic rings. The van der Waals surface area contributed by atoms with E-state index in [1.165, 1.54) is 17.0 Å². The van der Waals surface area contributed by atoms with Gasteiger partial charge >= 0.3 is 5.97 Å². The van der Waals surface area contributed by atoms with Gasteiger partial charge in [-0.05, 0) is 54.7 Å². The van der Waals surface area contributed by atoms with Crippen LogP contribution in [0.2, 0.25) is 0 Å². The van der Waals surface area contributed by atoms with Gasteiger partial charge in [0.05, 0.1) is 24.2 Å². The fourth-order valence-electron chi connectivity index (χ4n) is 3.52. The summed E-state index contributed by atoms with van der Waals surface area (Å²) in [5, 5.41) is 0. The molecule has 26 heavy (non-hydrogen) atoms. The SMILES string of the molecule is COC(=O)C1CN(S(=O)(=O)c2ccc3c(c2)CCC3)c2ccccc2O1. The van der Waals surface area contributed by atoms with Crippen LogP contribution in [-0.4, -0.2) is 34.1 Å². The fraction of sp³-hybridized carbons (Fsp3) is 0.316. The van der Waals surface area contributed by atoms with Gasteiger partial charge in [-0.2, -0.15) is 0 Å². The molecule has 0 radical (unpaired) electrons. The van der Waals surface area contributed by atoms with Gasteiger partial charge in [-0.3, -0.25) is 4.31 Å². The third kappa shape index (κ3) is 2.72. The van der Waals surface area contributed by atoms with Crippen LogP contribution in [0.5, 0.6) is 5.75 Å². The van der Waals surface area contributed by atoms with Gasteiger partial charge in [-0.1, -0.05) is 18.2 Å². The Hall–Kier alpha value is -2.54. The van der Waals surface area contributed by atoms with Crippen molar-refractivity contribution in [3.8, 4) is 5.75 Å². The highest BCUT2D eigenvalue weighted by Gasteiger charge is 2.38. The molecule has 0 saturated carbocycles. The lowest BCUT2D eigenvalue weighted by Gasteiger charge is -2.34. The largest absolute Gasteiger partial charge is 0.475 e. The van der Waals surface area contributed by atoms with E-state index >= 15 is 0 Å². The number of esters is 1. The Morgan fingerprint density at radius 3 is 2.73 bits per heavy atom. The highest BCUT2D eigenvalue weighted by Crippen LogP contribution is 2.37. The molecule has 4 rings (SSSR count). The predicted molar refractivity (Wildman–Crippen MR) is 95.9 cm³/mol. The van der Waals surface area contributed by atoms with E-state index in [9.17, 15) is 13.2 Å². The van der Waals surface area contributed by atoms with Gasteiger partial charge in [0.2, 0.25) is 6.10 Å². The predicted octanol–water partition coefficient (Wildman–Crippen LogP) is 2.30. The molecule has 0 bridgehead atoms. The first-order chi connectivity index (χ1) is 12.5. The number of ether oxygens (including phenoxy) is 2. The summed E-state index contributed by atoms with van der Waals surface area (Å²) >= 11 is 0. The number of carbonyl (C=O) groups excluding carboxylic acids is 1. The Kier molecular flexibility index (Phi) is 4.11. The van der Waals surface area contributed by atoms with Crippen molar-refractivity contribution in [2.24, 2.45) is 0 Å². The van der Waals surface area contributed by atoms with E-state index in [0.29, 0.717) is 11.4 Å². The molecule has 0 aromatic heterocycles. The van der Waals surface area contributed by atoms with Crippen molar-refractivity contribution >= 4 is 21.7 Å². The molecule has 1 heterocycles. The quantitative estimate of drug-likeness (QED) is 0.772. The minimum atomic E-state index is -3.83. The fourth-order valence-corrected chi connectivity index (χ4v) is 5.05. The number of fused-ring (bicyclic) bond motifs is 2. The molecule has 2 aliphatic rings. The van der Waals surface area contributed by atoms with Crippen LogP contribution in [0.4, 0.5) is 5.69 Å². The van der Waals surface area contributed by atoms with Crippen molar-refractivity contribution < 1.29 is 22.7 Å². The molecule has 2 aromatic carbocycles. The summed E-state index contributed by atoms with van der Waals surface area (Å²) in [6.45, 7) is -0.122. The van der Waals surface area contributed by atoms with Crippen LogP contribution in [-0.2, 0) is 32.4 Å². The van der Waals surface area contributed by atoms with E-state index in [1.54, 1.807) is 36.4 Å². The maximum atomic E-state index is 13.3. The lowest BCUT2D eigenvalue weighted by Crippen LogP contribution is -2.47. The average Bonchev–Trinajstić information content (AvgIpc) is 3.14. The number of carbonyl (C=O) groups is 1. The summed E-state index contributed by atoms with van der Waals surface area (Å²) in [4.78, 5) is 12.2. The van der Waals surface area contributed by atoms with Crippen LogP contribution in [0.25, 0.3) is 0 Å². The molecule has 0 amide bonds. The molecule has 0 N–H and O–H groups in total. The number of para-hydroxylation sites is 2. The second kappa shape index (κ2) is 6.32. The normalized spacial score (nSPS) is 18.7. The number of anilines is 1. The van der Waals surface area contributed by atoms with E-state index in [-0.39, 0.29) is 11.4 Å². The standard InChI is InChI=1S/C19H19NO5S/c1-24-19(21)18-12-20(16-7-2-3-8-17(16)25-18)26(22,23)15-10-9-13-5-4-6-14(13)11-15/h2-3,7-11,18H,4-6,12H2,1H3. The van der Waals surface area contributed by atoms with Crippen LogP contribution in [0, 0.1) is 0 Å². The monoisotopic (exact) mass is 373 g/mol. The molecular formula is C19H19NO5S. The van der Waals surface area contributed by atoms with E-state index in [0.717, 1.165) is 24.8 Å². The molecule has 0 spiro atoms. The minimum absolute atomic E-state index is 0.122. The number of hydrogen-bond donors (Lipinski definition) is 0. The Balaban J connectivity index is 1.78. The number of aryl methyl sites for hydroxylation is 2. The van der Waals surface area contributed by atoms with Crippen LogP contribution < -0.4 is 9.04 Å². The molecule has 1 unspecified atom stereocenters. The Morgan fingerprint density at radius 2 is 1.92 bits per heavy atom. The van der Waals surface area contributed by atoms with Gasteiger partial charge in [0.1, 0.15) is 5.75 Å². The number of nitrogens with zero attached hydrogens (tertiary/aromatic N) is 1. The third-order valence-corrected chi connectivity index (χ3v) is 6.63. The van der Waals surface area contributed by atoms with E-state index in [2.05, 4.69) is 0 Å². The highest BCUT2D eigenvalue weighted by molar-refractivity contribution is 7.92. The first-order valence-corrected chi connectivity index (χ1v) is 9.93. The van der Waals surface area contributed by atoms with Crippen LogP contribution in [0.3, 0.4) is 0 Å². The van der Waals surface area contributed by atoms with Gasteiger partial charge < -0.3 is 9.47 Å². The first kappa shape index (κ1) is 16.9. The van der Waals surface area contributed by atoms with Crippen molar-refractivity contribution in [3.63, 3.8) is 0 Å². The number of hydrogen-bond acceptors (Lipinski definition) is 5. The van der Waals surface area contributed by atoms with Crippen LogP contribution >= 0.6 is 0 Å². The van der Waals surface area contributed by atoms with E-state index in [4.69, 9.17) is 9.47 Å². The molecule has 1 aliphatic carbocycles. The summed E-state index contributed by atoms with van der Waals surface area (Å²) in [6, 6.07) is 12.1. The van der Waals surface area contributed by atoms with Crippen molar-refractivity contribution in [2.45, 2.75) is 30.3 Å². The lowest BCUT2D eigenvalue weighted by molar-refractivity contribution is -0.148. The number of methoxy groups -OCH3 is 1. The minimum Gasteiger partial charge on any atom is -0.475 e. The number of benzene rings is 2. The third-order valence-electron chi connectivity index (χ3n) is 4.86. The van der Waals surface area contributed by atoms with Crippen LogP contribution in [0.1, 0.15) is 17.5 Å². The zero-order chi connectivity index (χ0) is 18.3. The van der Waals surface area contributed by atoms with Crippen molar-refractivity contribution in [1.82, 2.24) is 0 Å². The highest BCUT2D eigenvalue weighted by atomic mass is 32.2. The van der Waals surface area contributed by atoms with Gasteiger partial charge in [0.15, 0.2) is 0 Å². The molecule has 136 valence electrons. The molecule has 7 heteroatoms. The Morgan fingerprint density at radius 1 is 1.15 bits per heavy atom. The summed E-state index contributed by atoms with van der Waals surface area (Å²) in [5.74, 6) is -0.257. The zero-order valence-corrected chi connectivity index (χ0v) is 15.2. The van der Waals surface area contributed by atoms with Gasteiger partial charge in [0.25, 0.3) is 10.0 Å². The summed E-state index contributed by atoms with van der Waals surface area (Å²) in [7, 11) is -2.57. The maximum Gasteiger partial charge on any atom is 0.348 e. The zero-order valence-electron chi connectivity index (χ0n) is 14.3. The summed E-state index contributed by atoms with van der Waals surface area (Å²) < 4.78 is 38.3. The first-order valence-electron chi connectivity index (χ1n) is 8.49. The summed E-state index contributed by atoms with van der Waals surface area (Å²) in [5.41, 5.74) is 2.71.